The van der Waals surface area contributed by atoms with Crippen molar-refractivity contribution < 1.29 is 4.42 Å². The van der Waals surface area contributed by atoms with Crippen LogP contribution in [0.1, 0.15) is 18.7 Å². The summed E-state index contributed by atoms with van der Waals surface area (Å²) in [5.74, 6) is 0.539. The fraction of sp³-hybridized carbons (Fsp3) is 0.600. The summed E-state index contributed by atoms with van der Waals surface area (Å²) in [6, 6.07) is 0. The van der Waals surface area contributed by atoms with Gasteiger partial charge in [0.15, 0.2) is 0 Å². The van der Waals surface area contributed by atoms with Crippen LogP contribution in [0.4, 0.5) is 0 Å². The zero-order valence-electron chi connectivity index (χ0n) is 5.26. The second kappa shape index (κ2) is 1.67. The van der Waals surface area contributed by atoms with Crippen molar-refractivity contribution >= 4 is 12.2 Å². The van der Waals surface area contributed by atoms with E-state index >= 15 is 0 Å². The van der Waals surface area contributed by atoms with E-state index in [2.05, 4.69) is 22.4 Å². The van der Waals surface area contributed by atoms with Crippen LogP contribution < -0.4 is 5.73 Å². The highest BCUT2D eigenvalue weighted by atomic mass is 32.1. The number of nitrogens with two attached hydrogens (primary N) is 1. The average molecular weight is 157 g/mol. The quantitative estimate of drug-likeness (QED) is 0.588. The van der Waals surface area contributed by atoms with Gasteiger partial charge in [0.05, 0.1) is 5.54 Å². The highest BCUT2D eigenvalue weighted by Gasteiger charge is 2.44. The molecule has 0 aromatic carbocycles. The molecule has 1 aliphatic rings. The smallest absolute Gasteiger partial charge is 0.284 e. The maximum Gasteiger partial charge on any atom is 0.284 e. The van der Waals surface area contributed by atoms with Crippen molar-refractivity contribution in [3.63, 3.8) is 0 Å². The monoisotopic (exact) mass is 157 g/mol. The molecular formula is C5H7N3OS. The Morgan fingerprint density at radius 2 is 2.40 bits per heavy atom. The predicted molar refractivity (Wildman–Crippen MR) is 36.8 cm³/mol. The van der Waals surface area contributed by atoms with E-state index in [4.69, 9.17) is 10.2 Å². The first kappa shape index (κ1) is 6.06. The largest absolute Gasteiger partial charge is 0.412 e. The third kappa shape index (κ3) is 0.783. The Kier molecular flexibility index (Phi) is 1.01. The van der Waals surface area contributed by atoms with Crippen molar-refractivity contribution in [1.82, 2.24) is 10.2 Å². The topological polar surface area (TPSA) is 67.8 Å². The van der Waals surface area contributed by atoms with E-state index in [1.54, 1.807) is 0 Å². The number of aromatic nitrogens is 2. The Labute approximate surface area is 62.4 Å². The zero-order chi connectivity index (χ0) is 7.19. The van der Waals surface area contributed by atoms with Gasteiger partial charge in [0.25, 0.3) is 4.84 Å². The molecule has 1 saturated carbocycles. The standard InChI is InChI=1S/C5H7N3OS/c6-5(1-2-5)3-7-8-4(10)9-3/h1-2,6H2,(H,8,10). The summed E-state index contributed by atoms with van der Waals surface area (Å²) in [4.78, 5) is 0.298. The van der Waals surface area contributed by atoms with Gasteiger partial charge in [0.1, 0.15) is 0 Å². The minimum atomic E-state index is -0.312. The second-order valence-corrected chi connectivity index (χ2v) is 2.95. The number of H-pyrrole nitrogens is 1. The van der Waals surface area contributed by atoms with Gasteiger partial charge >= 0.3 is 0 Å². The van der Waals surface area contributed by atoms with Gasteiger partial charge in [0, 0.05) is 0 Å². The fourth-order valence-corrected chi connectivity index (χ4v) is 0.916. The summed E-state index contributed by atoms with van der Waals surface area (Å²) >= 11 is 4.69. The van der Waals surface area contributed by atoms with E-state index in [9.17, 15) is 0 Å². The molecule has 0 amide bonds. The van der Waals surface area contributed by atoms with Gasteiger partial charge in [-0.2, -0.15) is 0 Å². The van der Waals surface area contributed by atoms with E-state index in [-0.39, 0.29) is 5.54 Å². The van der Waals surface area contributed by atoms with Crippen molar-refractivity contribution in [3.05, 3.63) is 10.7 Å². The molecule has 0 spiro atoms. The maximum atomic E-state index is 5.76. The molecule has 4 nitrogen and oxygen atoms in total. The minimum Gasteiger partial charge on any atom is -0.412 e. The van der Waals surface area contributed by atoms with E-state index < -0.39 is 0 Å². The molecule has 0 unspecified atom stereocenters. The number of rotatable bonds is 1. The van der Waals surface area contributed by atoms with Crippen molar-refractivity contribution in [2.45, 2.75) is 18.4 Å². The van der Waals surface area contributed by atoms with Gasteiger partial charge in [-0.1, -0.05) is 0 Å². The van der Waals surface area contributed by atoms with Crippen LogP contribution in [0.2, 0.25) is 0 Å². The number of hydrogen-bond acceptors (Lipinski definition) is 4. The molecule has 5 heteroatoms. The van der Waals surface area contributed by atoms with Crippen LogP contribution in [-0.2, 0) is 5.54 Å². The third-order valence-corrected chi connectivity index (χ3v) is 1.83. The Bertz CT molecular complexity index is 298. The minimum absolute atomic E-state index is 0.298. The lowest BCUT2D eigenvalue weighted by Crippen LogP contribution is -2.18. The molecule has 1 aliphatic carbocycles. The first-order chi connectivity index (χ1) is 4.71. The summed E-state index contributed by atoms with van der Waals surface area (Å²) in [5.41, 5.74) is 5.45. The maximum absolute atomic E-state index is 5.76. The molecule has 1 heterocycles. The molecule has 54 valence electrons. The molecule has 1 aromatic rings. The van der Waals surface area contributed by atoms with Crippen LogP contribution >= 0.6 is 12.2 Å². The molecule has 0 atom stereocenters. The Morgan fingerprint density at radius 1 is 1.70 bits per heavy atom. The van der Waals surface area contributed by atoms with E-state index in [0.717, 1.165) is 12.8 Å². The van der Waals surface area contributed by atoms with Crippen LogP contribution in [0.3, 0.4) is 0 Å². The van der Waals surface area contributed by atoms with Gasteiger partial charge in [0.2, 0.25) is 5.89 Å². The fourth-order valence-electron chi connectivity index (χ4n) is 0.791. The zero-order valence-corrected chi connectivity index (χ0v) is 6.07. The second-order valence-electron chi connectivity index (χ2n) is 2.57. The van der Waals surface area contributed by atoms with Crippen LogP contribution in [0.5, 0.6) is 0 Å². The highest BCUT2D eigenvalue weighted by Crippen LogP contribution is 2.41. The van der Waals surface area contributed by atoms with Crippen LogP contribution in [0, 0.1) is 4.84 Å². The number of aromatic amines is 1. The van der Waals surface area contributed by atoms with Crippen LogP contribution in [-0.4, -0.2) is 10.2 Å². The first-order valence-corrected chi connectivity index (χ1v) is 3.46. The lowest BCUT2D eigenvalue weighted by Gasteiger charge is -1.97. The van der Waals surface area contributed by atoms with Crippen LogP contribution in [0.25, 0.3) is 0 Å². The van der Waals surface area contributed by atoms with Gasteiger partial charge in [-0.3, -0.25) is 0 Å². The van der Waals surface area contributed by atoms with Gasteiger partial charge in [-0.15, -0.1) is 5.10 Å². The molecule has 0 saturated heterocycles. The summed E-state index contributed by atoms with van der Waals surface area (Å²) < 4.78 is 5.03. The number of nitrogens with one attached hydrogen (secondary N) is 1. The Hall–Kier alpha value is -0.680. The Balaban J connectivity index is 2.43. The third-order valence-electron chi connectivity index (χ3n) is 1.65. The van der Waals surface area contributed by atoms with Crippen molar-refractivity contribution in [1.29, 1.82) is 0 Å². The van der Waals surface area contributed by atoms with Crippen LogP contribution in [0.15, 0.2) is 4.42 Å². The predicted octanol–water partition coefficient (Wildman–Crippen LogP) is 0.680. The summed E-state index contributed by atoms with van der Waals surface area (Å²) in [5, 5.41) is 6.36. The van der Waals surface area contributed by atoms with Crippen molar-refractivity contribution in [2.24, 2.45) is 5.73 Å². The molecule has 10 heavy (non-hydrogen) atoms. The highest BCUT2D eigenvalue weighted by molar-refractivity contribution is 7.71. The summed E-state index contributed by atoms with van der Waals surface area (Å²) in [7, 11) is 0. The summed E-state index contributed by atoms with van der Waals surface area (Å²) in [6.45, 7) is 0. The van der Waals surface area contributed by atoms with Crippen molar-refractivity contribution in [3.8, 4) is 0 Å². The van der Waals surface area contributed by atoms with E-state index in [1.165, 1.54) is 0 Å². The van der Waals surface area contributed by atoms with E-state index in [1.807, 2.05) is 0 Å². The molecule has 0 radical (unpaired) electrons. The summed E-state index contributed by atoms with van der Waals surface area (Å²) in [6.07, 6.45) is 1.88. The molecule has 1 fully saturated rings. The SMILES string of the molecule is NC1(c2n[nH]c(=S)o2)CC1. The van der Waals surface area contributed by atoms with Gasteiger partial charge in [-0.25, -0.2) is 5.10 Å². The first-order valence-electron chi connectivity index (χ1n) is 3.06. The van der Waals surface area contributed by atoms with Gasteiger partial charge < -0.3 is 10.2 Å². The average Bonchev–Trinajstić information content (AvgIpc) is 2.45. The van der Waals surface area contributed by atoms with Gasteiger partial charge in [-0.05, 0) is 25.1 Å². The molecule has 3 N–H and O–H groups in total. The van der Waals surface area contributed by atoms with E-state index in [0.29, 0.717) is 10.7 Å². The lowest BCUT2D eigenvalue weighted by atomic mass is 10.3. The number of hydrogen-bond donors (Lipinski definition) is 2. The Morgan fingerprint density at radius 3 is 2.80 bits per heavy atom. The number of nitrogens with zero attached hydrogens (tertiary/aromatic N) is 1. The molecule has 0 bridgehead atoms. The molecule has 0 aliphatic heterocycles. The van der Waals surface area contributed by atoms with Crippen molar-refractivity contribution in [2.75, 3.05) is 0 Å². The molecule has 2 rings (SSSR count). The lowest BCUT2D eigenvalue weighted by molar-refractivity contribution is 0.431. The molecular weight excluding hydrogens is 150 g/mol. The molecule has 1 aromatic heterocycles. The normalized spacial score (nSPS) is 20.9.